The van der Waals surface area contributed by atoms with E-state index in [2.05, 4.69) is 9.72 Å². The number of aromatic nitrogens is 1. The first-order valence-corrected chi connectivity index (χ1v) is 8.01. The van der Waals surface area contributed by atoms with Gasteiger partial charge < -0.3 is 13.9 Å². The lowest BCUT2D eigenvalue weighted by molar-refractivity contribution is -0.386. The number of rotatable bonds is 6. The Morgan fingerprint density at radius 3 is 2.63 bits per heavy atom. The molecule has 0 aliphatic carbocycles. The van der Waals surface area contributed by atoms with E-state index in [1.807, 2.05) is 30.3 Å². The fraction of sp³-hybridized carbons (Fsp3) is 0.158. The first kappa shape index (κ1) is 18.1. The quantitative estimate of drug-likeness (QED) is 0.369. The van der Waals surface area contributed by atoms with Gasteiger partial charge in [-0.3, -0.25) is 10.1 Å². The van der Waals surface area contributed by atoms with Crippen LogP contribution in [0.5, 0.6) is 5.75 Å². The van der Waals surface area contributed by atoms with Crippen LogP contribution in [0.3, 0.4) is 0 Å². The monoisotopic (exact) mass is 368 g/mol. The Balaban J connectivity index is 1.82. The summed E-state index contributed by atoms with van der Waals surface area (Å²) in [5.74, 6) is 0.366. The number of carbonyl (C=O) groups excluding carboxylic acids is 1. The van der Waals surface area contributed by atoms with Gasteiger partial charge in [-0.25, -0.2) is 9.78 Å². The van der Waals surface area contributed by atoms with Crippen molar-refractivity contribution < 1.29 is 23.6 Å². The molecule has 8 nitrogen and oxygen atoms in total. The lowest BCUT2D eigenvalue weighted by atomic mass is 10.2. The second-order valence-corrected chi connectivity index (χ2v) is 5.61. The third-order valence-corrected chi connectivity index (χ3v) is 3.85. The van der Waals surface area contributed by atoms with Gasteiger partial charge in [0.2, 0.25) is 5.89 Å². The molecule has 0 aliphatic rings. The highest BCUT2D eigenvalue weighted by Gasteiger charge is 2.20. The van der Waals surface area contributed by atoms with Crippen LogP contribution in [0, 0.1) is 17.0 Å². The van der Waals surface area contributed by atoms with Gasteiger partial charge in [0.05, 0.1) is 17.6 Å². The second-order valence-electron chi connectivity index (χ2n) is 5.61. The smallest absolute Gasteiger partial charge is 0.338 e. The van der Waals surface area contributed by atoms with Crippen LogP contribution in [0.2, 0.25) is 0 Å². The molecule has 0 saturated heterocycles. The predicted octanol–water partition coefficient (Wildman–Crippen LogP) is 3.92. The minimum absolute atomic E-state index is 0.0133. The molecule has 0 N–H and O–H groups in total. The van der Waals surface area contributed by atoms with E-state index in [-0.39, 0.29) is 23.6 Å². The Kier molecular flexibility index (Phi) is 5.16. The van der Waals surface area contributed by atoms with Gasteiger partial charge in [0, 0.05) is 11.6 Å². The van der Waals surface area contributed by atoms with Gasteiger partial charge in [-0.05, 0) is 31.2 Å². The molecule has 0 spiro atoms. The Morgan fingerprint density at radius 1 is 1.22 bits per heavy atom. The number of aryl methyl sites for hydroxylation is 1. The van der Waals surface area contributed by atoms with Crippen molar-refractivity contribution in [1.82, 2.24) is 4.98 Å². The average Bonchev–Trinajstić information content (AvgIpc) is 3.07. The summed E-state index contributed by atoms with van der Waals surface area (Å²) in [6.45, 7) is 1.73. The minimum atomic E-state index is -0.663. The molecular formula is C19H16N2O6. The zero-order valence-corrected chi connectivity index (χ0v) is 14.7. The molecule has 0 unspecified atom stereocenters. The number of methoxy groups -OCH3 is 1. The third kappa shape index (κ3) is 3.95. The van der Waals surface area contributed by atoms with E-state index < -0.39 is 10.9 Å². The van der Waals surface area contributed by atoms with Gasteiger partial charge in [0.1, 0.15) is 18.1 Å². The van der Waals surface area contributed by atoms with Crippen LogP contribution < -0.4 is 4.74 Å². The van der Waals surface area contributed by atoms with Crippen molar-refractivity contribution >= 4 is 11.7 Å². The fourth-order valence-electron chi connectivity index (χ4n) is 2.44. The maximum absolute atomic E-state index is 11.6. The highest BCUT2D eigenvalue weighted by molar-refractivity contribution is 5.90. The van der Waals surface area contributed by atoms with Crippen LogP contribution in [-0.2, 0) is 11.3 Å². The maximum Gasteiger partial charge on any atom is 0.338 e. The Bertz CT molecular complexity index is 981. The van der Waals surface area contributed by atoms with E-state index >= 15 is 0 Å². The maximum atomic E-state index is 11.6. The van der Waals surface area contributed by atoms with Gasteiger partial charge in [-0.1, -0.05) is 18.2 Å². The van der Waals surface area contributed by atoms with E-state index in [0.29, 0.717) is 17.3 Å². The highest BCUT2D eigenvalue weighted by Crippen LogP contribution is 2.30. The normalized spacial score (nSPS) is 10.4. The van der Waals surface area contributed by atoms with Gasteiger partial charge in [-0.2, -0.15) is 0 Å². The molecule has 1 heterocycles. The largest absolute Gasteiger partial charge is 0.480 e. The number of hydrogen-bond donors (Lipinski definition) is 0. The van der Waals surface area contributed by atoms with Crippen LogP contribution in [0.25, 0.3) is 11.5 Å². The first-order valence-electron chi connectivity index (χ1n) is 8.01. The van der Waals surface area contributed by atoms with Crippen LogP contribution in [-0.4, -0.2) is 23.0 Å². The number of oxazole rings is 1. The summed E-state index contributed by atoms with van der Waals surface area (Å²) in [5.41, 5.74) is 1.09. The summed E-state index contributed by atoms with van der Waals surface area (Å²) in [5, 5.41) is 11.3. The van der Waals surface area contributed by atoms with Crippen molar-refractivity contribution in [2.75, 3.05) is 7.11 Å². The Labute approximate surface area is 154 Å². The van der Waals surface area contributed by atoms with E-state index in [4.69, 9.17) is 9.15 Å². The zero-order valence-electron chi connectivity index (χ0n) is 14.7. The Hall–Kier alpha value is -3.68. The minimum Gasteiger partial charge on any atom is -0.480 e. The zero-order chi connectivity index (χ0) is 19.4. The average molecular weight is 368 g/mol. The van der Waals surface area contributed by atoms with Crippen molar-refractivity contribution in [2.45, 2.75) is 13.5 Å². The van der Waals surface area contributed by atoms with Crippen molar-refractivity contribution in [3.8, 4) is 17.2 Å². The number of benzene rings is 2. The summed E-state index contributed by atoms with van der Waals surface area (Å²) in [4.78, 5) is 26.6. The van der Waals surface area contributed by atoms with Gasteiger partial charge in [-0.15, -0.1) is 0 Å². The van der Waals surface area contributed by atoms with E-state index in [1.165, 1.54) is 19.2 Å². The molecule has 0 aliphatic heterocycles. The number of ether oxygens (including phenoxy) is 2. The van der Waals surface area contributed by atoms with Crippen LogP contribution in [0.4, 0.5) is 5.69 Å². The van der Waals surface area contributed by atoms with Crippen molar-refractivity contribution in [3.63, 3.8) is 0 Å². The molecule has 0 bridgehead atoms. The number of nitro groups is 1. The lowest BCUT2D eigenvalue weighted by Crippen LogP contribution is -2.05. The van der Waals surface area contributed by atoms with E-state index in [9.17, 15) is 14.9 Å². The van der Waals surface area contributed by atoms with Gasteiger partial charge >= 0.3 is 11.7 Å². The molecule has 0 fully saturated rings. The molecule has 0 radical (unpaired) electrons. The van der Waals surface area contributed by atoms with Crippen LogP contribution in [0.15, 0.2) is 52.9 Å². The molecule has 1 aromatic heterocycles. The van der Waals surface area contributed by atoms with Crippen LogP contribution >= 0.6 is 0 Å². The van der Waals surface area contributed by atoms with E-state index in [0.717, 1.165) is 11.6 Å². The number of nitrogens with zero attached hydrogens (tertiary/aromatic N) is 2. The number of nitro benzene ring substituents is 1. The molecule has 2 aromatic carbocycles. The molecule has 0 amide bonds. The molecule has 3 aromatic rings. The summed E-state index contributed by atoms with van der Waals surface area (Å²) in [7, 11) is 1.20. The van der Waals surface area contributed by atoms with Gasteiger partial charge in [0.25, 0.3) is 0 Å². The molecule has 3 rings (SSSR count). The lowest BCUT2D eigenvalue weighted by Gasteiger charge is -2.07. The highest BCUT2D eigenvalue weighted by atomic mass is 16.6. The first-order chi connectivity index (χ1) is 13.0. The number of esters is 1. The molecular weight excluding hydrogens is 352 g/mol. The number of carbonyl (C=O) groups is 1. The fourth-order valence-corrected chi connectivity index (χ4v) is 2.44. The predicted molar refractivity (Wildman–Crippen MR) is 95.4 cm³/mol. The Morgan fingerprint density at radius 2 is 1.96 bits per heavy atom. The van der Waals surface area contributed by atoms with Crippen molar-refractivity contribution in [1.29, 1.82) is 0 Å². The topological polar surface area (TPSA) is 105 Å². The third-order valence-electron chi connectivity index (χ3n) is 3.85. The molecule has 138 valence electrons. The molecule has 0 atom stereocenters. The van der Waals surface area contributed by atoms with Crippen molar-refractivity contribution in [2.24, 2.45) is 0 Å². The second kappa shape index (κ2) is 7.69. The molecule has 0 saturated carbocycles. The van der Waals surface area contributed by atoms with Gasteiger partial charge in [0.15, 0.2) is 5.75 Å². The summed E-state index contributed by atoms with van der Waals surface area (Å²) < 4.78 is 15.8. The molecule has 27 heavy (non-hydrogen) atoms. The van der Waals surface area contributed by atoms with Crippen molar-refractivity contribution in [3.05, 3.63) is 75.7 Å². The van der Waals surface area contributed by atoms with E-state index in [1.54, 1.807) is 6.92 Å². The summed E-state index contributed by atoms with van der Waals surface area (Å²) >= 11 is 0. The molecule has 8 heteroatoms. The summed E-state index contributed by atoms with van der Waals surface area (Å²) in [6.07, 6.45) is 0. The SMILES string of the molecule is COC(=O)c1ccc(OCc2nc(-c3ccccc3)oc2C)c([N+](=O)[O-])c1. The number of hydrogen-bond acceptors (Lipinski definition) is 7. The van der Waals surface area contributed by atoms with Crippen LogP contribution in [0.1, 0.15) is 21.8 Å². The summed E-state index contributed by atoms with van der Waals surface area (Å²) in [6, 6.07) is 13.2. The standard InChI is InChI=1S/C19H16N2O6/c1-12-15(20-18(27-12)13-6-4-3-5-7-13)11-26-17-9-8-14(19(22)25-2)10-16(17)21(23)24/h3-10H,11H2,1-2H3.